The molecule has 110 valence electrons. The van der Waals surface area contributed by atoms with Crippen LogP contribution in [0, 0.1) is 6.92 Å². The van der Waals surface area contributed by atoms with Crippen LogP contribution in [0.15, 0.2) is 24.3 Å². The number of aryl methyl sites for hydroxylation is 1. The van der Waals surface area contributed by atoms with E-state index in [1.165, 1.54) is 12.7 Å². The summed E-state index contributed by atoms with van der Waals surface area (Å²) >= 11 is 0. The molecule has 1 amide bonds. The minimum Gasteiger partial charge on any atom is -0.469 e. The van der Waals surface area contributed by atoms with E-state index in [0.717, 1.165) is 12.0 Å². The van der Waals surface area contributed by atoms with Gasteiger partial charge in [-0.2, -0.15) is 0 Å². The van der Waals surface area contributed by atoms with Gasteiger partial charge in [-0.25, -0.2) is 0 Å². The Balaban J connectivity index is 2.68. The Hall–Kier alpha value is -1.84. The second-order valence-electron chi connectivity index (χ2n) is 4.88. The molecule has 0 saturated carbocycles. The predicted molar refractivity (Wildman–Crippen MR) is 78.1 cm³/mol. The van der Waals surface area contributed by atoms with E-state index in [-0.39, 0.29) is 18.3 Å². The summed E-state index contributed by atoms with van der Waals surface area (Å²) in [6.45, 7) is 4.94. The SMILES string of the molecule is CCCC(=O)N(CCC(=O)OC)Cc1ccc(C)cc1. The molecule has 0 aliphatic rings. The van der Waals surface area contributed by atoms with Crippen LogP contribution in [0.25, 0.3) is 0 Å². The fourth-order valence-corrected chi connectivity index (χ4v) is 1.91. The monoisotopic (exact) mass is 277 g/mol. The standard InChI is InChI=1S/C16H23NO3/c1-4-5-15(18)17(11-10-16(19)20-3)12-14-8-6-13(2)7-9-14/h6-9H,4-5,10-12H2,1-3H3. The Morgan fingerprint density at radius 3 is 2.35 bits per heavy atom. The Labute approximate surface area is 120 Å². The van der Waals surface area contributed by atoms with Gasteiger partial charge in [-0.3, -0.25) is 9.59 Å². The fraction of sp³-hybridized carbons (Fsp3) is 0.500. The molecule has 0 unspecified atom stereocenters. The van der Waals surface area contributed by atoms with Gasteiger partial charge < -0.3 is 9.64 Å². The summed E-state index contributed by atoms with van der Waals surface area (Å²) in [5.41, 5.74) is 2.26. The molecule has 0 bridgehead atoms. The zero-order valence-corrected chi connectivity index (χ0v) is 12.5. The Kier molecular flexibility index (Phi) is 6.77. The second kappa shape index (κ2) is 8.35. The van der Waals surface area contributed by atoms with Crippen molar-refractivity contribution in [2.75, 3.05) is 13.7 Å². The molecule has 4 nitrogen and oxygen atoms in total. The Morgan fingerprint density at radius 2 is 1.80 bits per heavy atom. The molecule has 0 heterocycles. The van der Waals surface area contributed by atoms with Gasteiger partial charge in [0.1, 0.15) is 0 Å². The van der Waals surface area contributed by atoms with Gasteiger partial charge in [-0.15, -0.1) is 0 Å². The second-order valence-corrected chi connectivity index (χ2v) is 4.88. The van der Waals surface area contributed by atoms with Crippen molar-refractivity contribution in [3.05, 3.63) is 35.4 Å². The topological polar surface area (TPSA) is 46.6 Å². The number of carbonyl (C=O) groups excluding carboxylic acids is 2. The van der Waals surface area contributed by atoms with Gasteiger partial charge in [-0.05, 0) is 18.9 Å². The fourth-order valence-electron chi connectivity index (χ4n) is 1.91. The number of carbonyl (C=O) groups is 2. The molecule has 1 aromatic carbocycles. The van der Waals surface area contributed by atoms with E-state index in [4.69, 9.17) is 0 Å². The number of hydrogen-bond donors (Lipinski definition) is 0. The smallest absolute Gasteiger partial charge is 0.307 e. The molecule has 0 saturated heterocycles. The number of amides is 1. The van der Waals surface area contributed by atoms with Crippen molar-refractivity contribution in [3.63, 3.8) is 0 Å². The van der Waals surface area contributed by atoms with Crippen LogP contribution in [-0.4, -0.2) is 30.4 Å². The molecule has 0 aromatic heterocycles. The lowest BCUT2D eigenvalue weighted by Gasteiger charge is -2.22. The summed E-state index contributed by atoms with van der Waals surface area (Å²) in [5.74, 6) is -0.208. The normalized spacial score (nSPS) is 10.2. The Bertz CT molecular complexity index is 440. The van der Waals surface area contributed by atoms with Crippen LogP contribution >= 0.6 is 0 Å². The average molecular weight is 277 g/mol. The van der Waals surface area contributed by atoms with E-state index in [9.17, 15) is 9.59 Å². The highest BCUT2D eigenvalue weighted by Gasteiger charge is 2.14. The maximum Gasteiger partial charge on any atom is 0.307 e. The highest BCUT2D eigenvalue weighted by Crippen LogP contribution is 2.10. The van der Waals surface area contributed by atoms with Crippen LogP contribution in [0.3, 0.4) is 0 Å². The molecule has 0 aliphatic heterocycles. The Morgan fingerprint density at radius 1 is 1.15 bits per heavy atom. The largest absolute Gasteiger partial charge is 0.469 e. The molecular weight excluding hydrogens is 254 g/mol. The molecule has 1 rings (SSSR count). The molecule has 0 aliphatic carbocycles. The van der Waals surface area contributed by atoms with Crippen LogP contribution in [0.4, 0.5) is 0 Å². The highest BCUT2D eigenvalue weighted by atomic mass is 16.5. The molecule has 20 heavy (non-hydrogen) atoms. The molecule has 0 N–H and O–H groups in total. The number of rotatable bonds is 7. The lowest BCUT2D eigenvalue weighted by Crippen LogP contribution is -2.32. The minimum atomic E-state index is -0.289. The van der Waals surface area contributed by atoms with Gasteiger partial charge >= 0.3 is 5.97 Å². The number of hydrogen-bond acceptors (Lipinski definition) is 3. The third-order valence-corrected chi connectivity index (χ3v) is 3.12. The molecule has 0 spiro atoms. The van der Waals surface area contributed by atoms with Gasteiger partial charge in [0.05, 0.1) is 13.5 Å². The van der Waals surface area contributed by atoms with Crippen LogP contribution in [-0.2, 0) is 20.9 Å². The molecule has 0 radical (unpaired) electrons. The third-order valence-electron chi connectivity index (χ3n) is 3.12. The minimum absolute atomic E-state index is 0.0805. The maximum atomic E-state index is 12.1. The van der Waals surface area contributed by atoms with Crippen molar-refractivity contribution in [2.45, 2.75) is 39.7 Å². The van der Waals surface area contributed by atoms with Crippen LogP contribution in [0.2, 0.25) is 0 Å². The third kappa shape index (κ3) is 5.43. The maximum absolute atomic E-state index is 12.1. The van der Waals surface area contributed by atoms with Crippen LogP contribution in [0.5, 0.6) is 0 Å². The number of nitrogens with zero attached hydrogens (tertiary/aromatic N) is 1. The summed E-state index contributed by atoms with van der Waals surface area (Å²) < 4.78 is 4.63. The highest BCUT2D eigenvalue weighted by molar-refractivity contribution is 5.77. The van der Waals surface area contributed by atoms with Crippen molar-refractivity contribution in [1.82, 2.24) is 4.90 Å². The summed E-state index contributed by atoms with van der Waals surface area (Å²) in [6, 6.07) is 8.08. The molecule has 0 atom stereocenters. The number of methoxy groups -OCH3 is 1. The molecule has 0 fully saturated rings. The van der Waals surface area contributed by atoms with Crippen molar-refractivity contribution in [3.8, 4) is 0 Å². The first kappa shape index (κ1) is 16.2. The van der Waals surface area contributed by atoms with Gasteiger partial charge in [0.25, 0.3) is 0 Å². The average Bonchev–Trinajstić information content (AvgIpc) is 2.45. The van der Waals surface area contributed by atoms with E-state index >= 15 is 0 Å². The van der Waals surface area contributed by atoms with E-state index < -0.39 is 0 Å². The van der Waals surface area contributed by atoms with E-state index in [0.29, 0.717) is 19.5 Å². The first-order valence-electron chi connectivity index (χ1n) is 6.97. The van der Waals surface area contributed by atoms with Crippen LogP contribution < -0.4 is 0 Å². The van der Waals surface area contributed by atoms with Gasteiger partial charge in [0.2, 0.25) is 5.91 Å². The van der Waals surface area contributed by atoms with E-state index in [2.05, 4.69) is 4.74 Å². The summed E-state index contributed by atoms with van der Waals surface area (Å²) in [4.78, 5) is 25.1. The van der Waals surface area contributed by atoms with Crippen LogP contribution in [0.1, 0.15) is 37.3 Å². The lowest BCUT2D eigenvalue weighted by molar-refractivity contribution is -0.142. The molecule has 1 aromatic rings. The van der Waals surface area contributed by atoms with Gasteiger partial charge in [0, 0.05) is 19.5 Å². The number of benzene rings is 1. The lowest BCUT2D eigenvalue weighted by atomic mass is 10.1. The zero-order valence-electron chi connectivity index (χ0n) is 12.5. The first-order chi connectivity index (χ1) is 9.56. The quantitative estimate of drug-likeness (QED) is 0.720. The van der Waals surface area contributed by atoms with Crippen molar-refractivity contribution >= 4 is 11.9 Å². The first-order valence-corrected chi connectivity index (χ1v) is 6.97. The van der Waals surface area contributed by atoms with Crippen molar-refractivity contribution in [1.29, 1.82) is 0 Å². The summed E-state index contributed by atoms with van der Waals surface area (Å²) in [7, 11) is 1.36. The van der Waals surface area contributed by atoms with E-state index in [1.54, 1.807) is 4.90 Å². The van der Waals surface area contributed by atoms with E-state index in [1.807, 2.05) is 38.1 Å². The predicted octanol–water partition coefficient (Wildman–Crippen LogP) is 2.69. The van der Waals surface area contributed by atoms with Crippen molar-refractivity contribution < 1.29 is 14.3 Å². The summed E-state index contributed by atoms with van der Waals surface area (Å²) in [5, 5.41) is 0. The summed E-state index contributed by atoms with van der Waals surface area (Å²) in [6.07, 6.45) is 1.55. The number of ether oxygens (including phenoxy) is 1. The van der Waals surface area contributed by atoms with Gasteiger partial charge in [-0.1, -0.05) is 36.8 Å². The zero-order chi connectivity index (χ0) is 15.0. The number of esters is 1. The molecular formula is C16H23NO3. The van der Waals surface area contributed by atoms with Crippen molar-refractivity contribution in [2.24, 2.45) is 0 Å². The molecule has 4 heteroatoms. The van der Waals surface area contributed by atoms with Gasteiger partial charge in [0.15, 0.2) is 0 Å².